The van der Waals surface area contributed by atoms with Gasteiger partial charge < -0.3 is 4.90 Å². The van der Waals surface area contributed by atoms with Crippen molar-refractivity contribution in [2.45, 2.75) is 12.8 Å². The molecule has 0 spiro atoms. The number of aromatic nitrogens is 3. The van der Waals surface area contributed by atoms with E-state index in [1.807, 2.05) is 30.3 Å². The number of likely N-dealkylation sites (tertiary alicyclic amines) is 1. The normalized spacial score (nSPS) is 13.8. The van der Waals surface area contributed by atoms with Crippen molar-refractivity contribution in [3.05, 3.63) is 42.5 Å². The minimum atomic E-state index is -0.634. The van der Waals surface area contributed by atoms with Crippen LogP contribution in [0.15, 0.2) is 36.7 Å². The van der Waals surface area contributed by atoms with Gasteiger partial charge in [-0.05, 0) is 18.6 Å². The summed E-state index contributed by atoms with van der Waals surface area (Å²) >= 11 is 0. The van der Waals surface area contributed by atoms with Crippen LogP contribution in [-0.2, 0) is 9.59 Å². The van der Waals surface area contributed by atoms with Crippen molar-refractivity contribution in [2.75, 3.05) is 13.1 Å². The van der Waals surface area contributed by atoms with Gasteiger partial charge in [-0.1, -0.05) is 18.2 Å². The summed E-state index contributed by atoms with van der Waals surface area (Å²) in [5.41, 5.74) is 5.26. The summed E-state index contributed by atoms with van der Waals surface area (Å²) in [6, 6.07) is 9.21. The van der Waals surface area contributed by atoms with E-state index in [-0.39, 0.29) is 18.3 Å². The predicted molar refractivity (Wildman–Crippen MR) is 82.8 cm³/mol. The third kappa shape index (κ3) is 3.57. The molecule has 2 heterocycles. The molecule has 0 bridgehead atoms. The van der Waals surface area contributed by atoms with Gasteiger partial charge in [0.05, 0.1) is 5.69 Å². The molecule has 9 heteroatoms. The molecule has 0 unspecified atom stereocenters. The van der Waals surface area contributed by atoms with Crippen LogP contribution in [-0.4, -0.2) is 50.5 Å². The van der Waals surface area contributed by atoms with E-state index in [0.717, 1.165) is 12.1 Å². The van der Waals surface area contributed by atoms with Crippen LogP contribution in [0.25, 0.3) is 5.69 Å². The van der Waals surface area contributed by atoms with Gasteiger partial charge in [-0.25, -0.2) is 9.67 Å². The highest BCUT2D eigenvalue weighted by Gasteiger charge is 2.22. The van der Waals surface area contributed by atoms with E-state index in [4.69, 9.17) is 0 Å². The van der Waals surface area contributed by atoms with Gasteiger partial charge in [0.1, 0.15) is 12.9 Å². The number of hydrogen-bond acceptors (Lipinski definition) is 5. The molecule has 1 aliphatic rings. The van der Waals surface area contributed by atoms with Gasteiger partial charge in [-0.2, -0.15) is 0 Å². The second kappa shape index (κ2) is 6.90. The van der Waals surface area contributed by atoms with Gasteiger partial charge in [-0.3, -0.25) is 25.2 Å². The Bertz CT molecular complexity index is 758. The van der Waals surface area contributed by atoms with Crippen molar-refractivity contribution in [1.29, 1.82) is 0 Å². The monoisotopic (exact) mass is 328 g/mol. The predicted octanol–water partition coefficient (Wildman–Crippen LogP) is -0.349. The Morgan fingerprint density at radius 3 is 2.67 bits per heavy atom. The van der Waals surface area contributed by atoms with E-state index in [2.05, 4.69) is 20.9 Å². The number of para-hydroxylation sites is 1. The van der Waals surface area contributed by atoms with Gasteiger partial charge in [0.15, 0.2) is 0 Å². The first-order valence-corrected chi connectivity index (χ1v) is 7.47. The zero-order valence-electron chi connectivity index (χ0n) is 12.8. The zero-order chi connectivity index (χ0) is 16.9. The Morgan fingerprint density at radius 1 is 1.17 bits per heavy atom. The Labute approximate surface area is 137 Å². The number of carbonyl (C=O) groups excluding carboxylic acids is 3. The number of amides is 3. The van der Waals surface area contributed by atoms with E-state index >= 15 is 0 Å². The molecule has 9 nitrogen and oxygen atoms in total. The van der Waals surface area contributed by atoms with Crippen molar-refractivity contribution in [1.82, 2.24) is 30.5 Å². The highest BCUT2D eigenvalue weighted by Crippen LogP contribution is 2.08. The van der Waals surface area contributed by atoms with Crippen molar-refractivity contribution in [3.63, 3.8) is 0 Å². The van der Waals surface area contributed by atoms with Gasteiger partial charge in [0.2, 0.25) is 11.7 Å². The lowest BCUT2D eigenvalue weighted by molar-refractivity contribution is -0.133. The lowest BCUT2D eigenvalue weighted by Crippen LogP contribution is -2.47. The van der Waals surface area contributed by atoms with Crippen molar-refractivity contribution >= 4 is 17.7 Å². The summed E-state index contributed by atoms with van der Waals surface area (Å²) < 4.78 is 1.46. The van der Waals surface area contributed by atoms with Gasteiger partial charge in [0.25, 0.3) is 5.91 Å². The summed E-state index contributed by atoms with van der Waals surface area (Å²) in [7, 11) is 0. The van der Waals surface area contributed by atoms with Gasteiger partial charge in [0, 0.05) is 13.0 Å². The maximum absolute atomic E-state index is 12.0. The molecule has 0 radical (unpaired) electrons. The van der Waals surface area contributed by atoms with Crippen molar-refractivity contribution in [2.24, 2.45) is 0 Å². The quantitative estimate of drug-likeness (QED) is 0.746. The molecular weight excluding hydrogens is 312 g/mol. The number of nitrogens with one attached hydrogen (secondary N) is 2. The number of hydrazine groups is 1. The van der Waals surface area contributed by atoms with Crippen molar-refractivity contribution < 1.29 is 14.4 Å². The number of benzene rings is 1. The van der Waals surface area contributed by atoms with Crippen LogP contribution in [0.2, 0.25) is 0 Å². The first-order chi connectivity index (χ1) is 11.6. The highest BCUT2D eigenvalue weighted by molar-refractivity contribution is 5.92. The second-order valence-corrected chi connectivity index (χ2v) is 5.27. The maximum atomic E-state index is 12.0. The number of nitrogens with zero attached hydrogens (tertiary/aromatic N) is 4. The topological polar surface area (TPSA) is 109 Å². The highest BCUT2D eigenvalue weighted by atomic mass is 16.2. The molecule has 0 atom stereocenters. The summed E-state index contributed by atoms with van der Waals surface area (Å²) in [5.74, 6) is -1.23. The number of hydrogen-bond donors (Lipinski definition) is 2. The second-order valence-electron chi connectivity index (χ2n) is 5.27. The van der Waals surface area contributed by atoms with Crippen LogP contribution in [0.4, 0.5) is 0 Å². The number of rotatable bonds is 4. The van der Waals surface area contributed by atoms with Crippen LogP contribution in [0.1, 0.15) is 23.5 Å². The minimum absolute atomic E-state index is 0.0558. The molecule has 24 heavy (non-hydrogen) atoms. The Balaban J connectivity index is 1.53. The molecule has 2 aromatic rings. The molecule has 1 aromatic heterocycles. The largest absolute Gasteiger partial charge is 0.333 e. The summed E-state index contributed by atoms with van der Waals surface area (Å²) in [6.45, 7) is 0.480. The fourth-order valence-corrected chi connectivity index (χ4v) is 2.34. The average molecular weight is 328 g/mol. The third-order valence-corrected chi connectivity index (χ3v) is 3.54. The van der Waals surface area contributed by atoms with Crippen LogP contribution in [0, 0.1) is 0 Å². The first kappa shape index (κ1) is 15.7. The molecule has 1 aliphatic heterocycles. The van der Waals surface area contributed by atoms with Gasteiger partial charge >= 0.3 is 5.91 Å². The van der Waals surface area contributed by atoms with Crippen molar-refractivity contribution in [3.8, 4) is 5.69 Å². The van der Waals surface area contributed by atoms with Crippen LogP contribution in [0.3, 0.4) is 0 Å². The number of carbonyl (C=O) groups is 3. The van der Waals surface area contributed by atoms with E-state index < -0.39 is 11.8 Å². The van der Waals surface area contributed by atoms with E-state index in [9.17, 15) is 14.4 Å². The Kier molecular flexibility index (Phi) is 4.50. The van der Waals surface area contributed by atoms with E-state index in [1.54, 1.807) is 0 Å². The summed E-state index contributed by atoms with van der Waals surface area (Å²) in [4.78, 5) is 40.5. The minimum Gasteiger partial charge on any atom is -0.333 e. The van der Waals surface area contributed by atoms with Crippen LogP contribution < -0.4 is 10.9 Å². The average Bonchev–Trinajstić information content (AvgIpc) is 3.23. The molecule has 3 amide bonds. The Morgan fingerprint density at radius 2 is 1.96 bits per heavy atom. The standard InChI is InChI=1S/C15H16N6O3/c22-12(9-20-8-4-7-13(20)23)17-18-15(24)14-16-10-21(19-14)11-5-2-1-3-6-11/h1-3,5-6,10H,4,7-9H2,(H,17,22)(H,18,24). The molecule has 0 aliphatic carbocycles. The molecule has 1 aromatic carbocycles. The summed E-state index contributed by atoms with van der Waals surface area (Å²) in [6.07, 6.45) is 2.62. The van der Waals surface area contributed by atoms with Crippen LogP contribution >= 0.6 is 0 Å². The first-order valence-electron chi connectivity index (χ1n) is 7.47. The smallest absolute Gasteiger partial charge is 0.309 e. The maximum Gasteiger partial charge on any atom is 0.309 e. The fraction of sp³-hybridized carbons (Fsp3) is 0.267. The molecule has 0 saturated carbocycles. The van der Waals surface area contributed by atoms with Gasteiger partial charge in [-0.15, -0.1) is 5.10 Å². The van der Waals surface area contributed by atoms with E-state index in [1.165, 1.54) is 15.9 Å². The zero-order valence-corrected chi connectivity index (χ0v) is 12.8. The van der Waals surface area contributed by atoms with E-state index in [0.29, 0.717) is 13.0 Å². The molecule has 1 saturated heterocycles. The molecule has 3 rings (SSSR count). The molecular formula is C15H16N6O3. The molecule has 124 valence electrons. The lowest BCUT2D eigenvalue weighted by Gasteiger charge is -2.14. The Hall–Kier alpha value is -3.23. The van der Waals surface area contributed by atoms with Crippen LogP contribution in [0.5, 0.6) is 0 Å². The molecule has 2 N–H and O–H groups in total. The fourth-order valence-electron chi connectivity index (χ4n) is 2.34. The third-order valence-electron chi connectivity index (χ3n) is 3.54. The summed E-state index contributed by atoms with van der Waals surface area (Å²) in [5, 5.41) is 4.05. The molecule has 1 fully saturated rings. The lowest BCUT2D eigenvalue weighted by atomic mass is 10.3. The SMILES string of the molecule is O=C(CN1CCCC1=O)NNC(=O)c1ncn(-c2ccccc2)n1.